The average molecular weight is 443 g/mol. The van der Waals surface area contributed by atoms with Crippen LogP contribution >= 0.6 is 15.9 Å². The van der Waals surface area contributed by atoms with Gasteiger partial charge in [-0.25, -0.2) is 4.79 Å². The highest BCUT2D eigenvalue weighted by Gasteiger charge is 2.57. The number of hydrogen-bond donors (Lipinski definition) is 0. The molecule has 0 radical (unpaired) electrons. The van der Waals surface area contributed by atoms with Gasteiger partial charge < -0.3 is 18.9 Å². The topological polar surface area (TPSA) is 105 Å². The van der Waals surface area contributed by atoms with Crippen molar-refractivity contribution < 1.29 is 38.1 Å². The van der Waals surface area contributed by atoms with Gasteiger partial charge in [-0.05, 0) is 6.07 Å². The Kier molecular flexibility index (Phi) is 8.17. The van der Waals surface area contributed by atoms with Crippen LogP contribution < -0.4 is 0 Å². The van der Waals surface area contributed by atoms with Crippen LogP contribution in [0.4, 0.5) is 0 Å². The molecule has 0 heterocycles. The van der Waals surface area contributed by atoms with Crippen LogP contribution in [0, 0.1) is 5.41 Å². The highest BCUT2D eigenvalue weighted by molar-refractivity contribution is 9.10. The van der Waals surface area contributed by atoms with Gasteiger partial charge in [-0.2, -0.15) is 0 Å². The lowest BCUT2D eigenvalue weighted by Crippen LogP contribution is -2.49. The fourth-order valence-electron chi connectivity index (χ4n) is 2.24. The van der Waals surface area contributed by atoms with Gasteiger partial charge >= 0.3 is 23.9 Å². The first-order valence-corrected chi connectivity index (χ1v) is 8.37. The molecule has 0 unspecified atom stereocenters. The zero-order valence-electron chi connectivity index (χ0n) is 15.1. The molecule has 0 saturated heterocycles. The van der Waals surface area contributed by atoms with E-state index in [1.807, 2.05) is 0 Å². The number of ether oxygens (including phenoxy) is 4. The molecule has 0 spiro atoms. The maximum atomic E-state index is 12.2. The van der Waals surface area contributed by atoms with E-state index in [2.05, 4.69) is 36.7 Å². The van der Waals surface area contributed by atoms with E-state index in [1.165, 1.54) is 0 Å². The Morgan fingerprint density at radius 1 is 0.963 bits per heavy atom. The van der Waals surface area contributed by atoms with Gasteiger partial charge in [-0.1, -0.05) is 40.7 Å². The maximum absolute atomic E-state index is 12.2. The molecular weight excluding hydrogens is 424 g/mol. The molecule has 0 bridgehead atoms. The Balaban J connectivity index is 3.03. The summed E-state index contributed by atoms with van der Waals surface area (Å²) >= 11 is 3.32. The second-order valence-corrected chi connectivity index (χ2v) is 6.18. The van der Waals surface area contributed by atoms with Crippen molar-refractivity contribution >= 4 is 39.8 Å². The summed E-state index contributed by atoms with van der Waals surface area (Å²) in [6.45, 7) is 3.43. The van der Waals surface area contributed by atoms with E-state index in [0.717, 1.165) is 25.8 Å². The first kappa shape index (κ1) is 22.4. The summed E-state index contributed by atoms with van der Waals surface area (Å²) < 4.78 is 19.5. The van der Waals surface area contributed by atoms with Crippen molar-refractivity contribution in [2.75, 3.05) is 21.3 Å². The molecule has 0 saturated carbocycles. The van der Waals surface area contributed by atoms with Crippen molar-refractivity contribution in [3.05, 3.63) is 46.5 Å². The third-order valence-corrected chi connectivity index (χ3v) is 4.46. The molecule has 0 fully saturated rings. The Labute approximate surface area is 164 Å². The van der Waals surface area contributed by atoms with Crippen molar-refractivity contribution in [3.63, 3.8) is 0 Å². The summed E-state index contributed by atoms with van der Waals surface area (Å²) in [5, 5.41) is 0. The standard InChI is InChI=1S/C18H19BrO8/c1-11(14(20)27-10-12-7-5-6-8-13(12)19)9-18(15(21)24-2,16(22)25-3)17(23)26-4/h5-8H,1,9-10H2,2-4H3. The van der Waals surface area contributed by atoms with Crippen LogP contribution in [0.5, 0.6) is 0 Å². The van der Waals surface area contributed by atoms with E-state index in [0.29, 0.717) is 5.56 Å². The summed E-state index contributed by atoms with van der Waals surface area (Å²) in [5.74, 6) is -4.60. The van der Waals surface area contributed by atoms with Gasteiger partial charge in [0.1, 0.15) is 6.61 Å². The molecule has 0 aliphatic carbocycles. The number of carbonyl (C=O) groups is 4. The second-order valence-electron chi connectivity index (χ2n) is 5.33. The van der Waals surface area contributed by atoms with Gasteiger partial charge in [-0.3, -0.25) is 14.4 Å². The van der Waals surface area contributed by atoms with Crippen LogP contribution in [0.25, 0.3) is 0 Å². The third kappa shape index (κ3) is 4.94. The smallest absolute Gasteiger partial charge is 0.335 e. The van der Waals surface area contributed by atoms with Gasteiger partial charge in [-0.15, -0.1) is 0 Å². The molecule has 0 aromatic heterocycles. The number of halogens is 1. The van der Waals surface area contributed by atoms with Crippen LogP contribution in [0.15, 0.2) is 40.9 Å². The second kappa shape index (κ2) is 9.86. The van der Waals surface area contributed by atoms with E-state index in [1.54, 1.807) is 24.3 Å². The van der Waals surface area contributed by atoms with Gasteiger partial charge in [0.05, 0.1) is 21.3 Å². The fourth-order valence-corrected chi connectivity index (χ4v) is 2.64. The molecule has 0 amide bonds. The monoisotopic (exact) mass is 442 g/mol. The lowest BCUT2D eigenvalue weighted by atomic mass is 9.81. The lowest BCUT2D eigenvalue weighted by molar-refractivity contribution is -0.180. The van der Waals surface area contributed by atoms with Crippen molar-refractivity contribution in [1.29, 1.82) is 0 Å². The molecular formula is C18H19BrO8. The van der Waals surface area contributed by atoms with E-state index < -0.39 is 35.7 Å². The lowest BCUT2D eigenvalue weighted by Gasteiger charge is -2.25. The molecule has 146 valence electrons. The van der Waals surface area contributed by atoms with Crippen LogP contribution in [-0.2, 0) is 44.7 Å². The normalized spacial score (nSPS) is 10.5. The van der Waals surface area contributed by atoms with Crippen molar-refractivity contribution in [1.82, 2.24) is 0 Å². The van der Waals surface area contributed by atoms with Crippen molar-refractivity contribution in [3.8, 4) is 0 Å². The SMILES string of the molecule is C=C(CC(C(=O)OC)(C(=O)OC)C(=O)OC)C(=O)OCc1ccccc1Br. The van der Waals surface area contributed by atoms with Crippen LogP contribution in [-0.4, -0.2) is 45.2 Å². The molecule has 0 aliphatic heterocycles. The maximum Gasteiger partial charge on any atom is 0.335 e. The van der Waals surface area contributed by atoms with Crippen LogP contribution in [0.3, 0.4) is 0 Å². The molecule has 0 aliphatic rings. The minimum atomic E-state index is -2.51. The highest BCUT2D eigenvalue weighted by atomic mass is 79.9. The summed E-state index contributed by atoms with van der Waals surface area (Å²) in [6, 6.07) is 7.07. The summed E-state index contributed by atoms with van der Waals surface area (Å²) in [6.07, 6.45) is -0.714. The molecule has 8 nitrogen and oxygen atoms in total. The molecule has 27 heavy (non-hydrogen) atoms. The average Bonchev–Trinajstić information content (AvgIpc) is 2.68. The van der Waals surface area contributed by atoms with E-state index in [4.69, 9.17) is 4.74 Å². The Morgan fingerprint density at radius 3 is 1.89 bits per heavy atom. The number of rotatable bonds is 8. The number of carbonyl (C=O) groups excluding carboxylic acids is 4. The fraction of sp³-hybridized carbons (Fsp3) is 0.333. The first-order valence-electron chi connectivity index (χ1n) is 7.58. The van der Waals surface area contributed by atoms with E-state index >= 15 is 0 Å². The molecule has 1 rings (SSSR count). The minimum absolute atomic E-state index is 0.0824. The first-order chi connectivity index (χ1) is 12.7. The van der Waals surface area contributed by atoms with Gasteiger partial charge in [0, 0.05) is 22.0 Å². The number of benzene rings is 1. The number of methoxy groups -OCH3 is 3. The molecule has 0 atom stereocenters. The molecule has 1 aromatic rings. The molecule has 0 N–H and O–H groups in total. The highest BCUT2D eigenvalue weighted by Crippen LogP contribution is 2.32. The van der Waals surface area contributed by atoms with E-state index in [9.17, 15) is 19.2 Å². The Hall–Kier alpha value is -2.68. The molecule has 9 heteroatoms. The summed E-state index contributed by atoms with van der Waals surface area (Å²) in [5.41, 5.74) is -2.12. The van der Waals surface area contributed by atoms with Crippen molar-refractivity contribution in [2.45, 2.75) is 13.0 Å². The summed E-state index contributed by atoms with van der Waals surface area (Å²) in [4.78, 5) is 48.8. The van der Waals surface area contributed by atoms with E-state index in [-0.39, 0.29) is 12.2 Å². The van der Waals surface area contributed by atoms with Gasteiger partial charge in [0.15, 0.2) is 0 Å². The van der Waals surface area contributed by atoms with Gasteiger partial charge in [0.25, 0.3) is 5.41 Å². The largest absolute Gasteiger partial charge is 0.468 e. The quantitative estimate of drug-likeness (QED) is 0.260. The summed E-state index contributed by atoms with van der Waals surface area (Å²) in [7, 11) is 2.95. The number of esters is 4. The zero-order chi connectivity index (χ0) is 20.6. The third-order valence-electron chi connectivity index (χ3n) is 3.69. The minimum Gasteiger partial charge on any atom is -0.468 e. The Morgan fingerprint density at radius 2 is 1.44 bits per heavy atom. The zero-order valence-corrected chi connectivity index (χ0v) is 16.7. The number of hydrogen-bond acceptors (Lipinski definition) is 8. The Bertz CT molecular complexity index is 715. The predicted molar refractivity (Wildman–Crippen MR) is 96.2 cm³/mol. The predicted octanol–water partition coefficient (Wildman–Crippen LogP) is 1.94. The van der Waals surface area contributed by atoms with Crippen molar-refractivity contribution in [2.24, 2.45) is 5.41 Å². The molecule has 1 aromatic carbocycles. The van der Waals surface area contributed by atoms with Gasteiger partial charge in [0.2, 0.25) is 0 Å². The van der Waals surface area contributed by atoms with Crippen LogP contribution in [0.2, 0.25) is 0 Å². The van der Waals surface area contributed by atoms with Crippen LogP contribution in [0.1, 0.15) is 12.0 Å².